The molecule has 0 aliphatic carbocycles. The number of urea groups is 1. The van der Waals surface area contributed by atoms with Crippen molar-refractivity contribution in [1.82, 2.24) is 15.5 Å². The highest BCUT2D eigenvalue weighted by Gasteiger charge is 2.18. The molecule has 1 heterocycles. The third-order valence-electron chi connectivity index (χ3n) is 4.16. The highest BCUT2D eigenvalue weighted by atomic mass is 16.3. The van der Waals surface area contributed by atoms with Gasteiger partial charge in [-0.15, -0.1) is 0 Å². The summed E-state index contributed by atoms with van der Waals surface area (Å²) in [4.78, 5) is 13.9. The summed E-state index contributed by atoms with van der Waals surface area (Å²) in [7, 11) is 0. The Morgan fingerprint density at radius 1 is 1.30 bits per heavy atom. The fourth-order valence-corrected chi connectivity index (χ4v) is 2.55. The van der Waals surface area contributed by atoms with E-state index in [0.717, 1.165) is 31.8 Å². The molecule has 5 heteroatoms. The summed E-state index contributed by atoms with van der Waals surface area (Å²) in [6.07, 6.45) is 3.78. The average Bonchev–Trinajstić information content (AvgIpc) is 2.45. The maximum atomic E-state index is 11.7. The zero-order valence-corrected chi connectivity index (χ0v) is 13.2. The first-order valence-corrected chi connectivity index (χ1v) is 7.99. The highest BCUT2D eigenvalue weighted by Crippen LogP contribution is 2.15. The van der Waals surface area contributed by atoms with Crippen molar-refractivity contribution in [2.24, 2.45) is 5.92 Å². The third kappa shape index (κ3) is 6.57. The van der Waals surface area contributed by atoms with Gasteiger partial charge in [0.15, 0.2) is 0 Å². The Hall–Kier alpha value is -0.810. The molecule has 0 saturated carbocycles. The molecule has 0 radical (unpaired) electrons. The number of β-amino-alcohol motifs (C(OH)–C–C–N with tert-alkyl or cyclic N) is 1. The predicted octanol–water partition coefficient (Wildman–Crippen LogP) is 1.57. The molecule has 20 heavy (non-hydrogen) atoms. The Morgan fingerprint density at radius 2 is 1.90 bits per heavy atom. The monoisotopic (exact) mass is 285 g/mol. The van der Waals surface area contributed by atoms with Gasteiger partial charge in [0.2, 0.25) is 0 Å². The van der Waals surface area contributed by atoms with Gasteiger partial charge in [-0.1, -0.05) is 20.8 Å². The van der Waals surface area contributed by atoms with Gasteiger partial charge in [0.25, 0.3) is 0 Å². The third-order valence-corrected chi connectivity index (χ3v) is 4.16. The normalized spacial score (nSPS) is 19.1. The number of amides is 2. The highest BCUT2D eigenvalue weighted by molar-refractivity contribution is 5.74. The zero-order valence-electron chi connectivity index (χ0n) is 13.2. The lowest BCUT2D eigenvalue weighted by Crippen LogP contribution is -2.47. The van der Waals surface area contributed by atoms with Crippen molar-refractivity contribution in [3.05, 3.63) is 0 Å². The number of rotatable bonds is 7. The van der Waals surface area contributed by atoms with Crippen LogP contribution >= 0.6 is 0 Å². The van der Waals surface area contributed by atoms with Crippen molar-refractivity contribution in [2.75, 3.05) is 26.2 Å². The molecule has 2 amide bonds. The van der Waals surface area contributed by atoms with Crippen LogP contribution in [-0.2, 0) is 0 Å². The lowest BCUT2D eigenvalue weighted by atomic mass is 9.99. The van der Waals surface area contributed by atoms with Crippen LogP contribution in [0.1, 0.15) is 46.5 Å². The molecule has 1 fully saturated rings. The largest absolute Gasteiger partial charge is 0.390 e. The van der Waals surface area contributed by atoms with Crippen LogP contribution in [0.25, 0.3) is 0 Å². The second-order valence-electron chi connectivity index (χ2n) is 6.00. The minimum Gasteiger partial charge on any atom is -0.390 e. The fourth-order valence-electron chi connectivity index (χ4n) is 2.55. The Bertz CT molecular complexity index is 274. The van der Waals surface area contributed by atoms with Crippen LogP contribution in [0.3, 0.4) is 0 Å². The van der Waals surface area contributed by atoms with Gasteiger partial charge >= 0.3 is 6.03 Å². The summed E-state index contributed by atoms with van der Waals surface area (Å²) in [6.45, 7) is 9.46. The Kier molecular flexibility index (Phi) is 7.92. The first-order chi connectivity index (χ1) is 9.55. The number of aliphatic hydroxyl groups is 1. The molecule has 118 valence electrons. The van der Waals surface area contributed by atoms with E-state index < -0.39 is 6.10 Å². The molecule has 0 spiro atoms. The molecule has 1 saturated heterocycles. The van der Waals surface area contributed by atoms with Crippen molar-refractivity contribution in [1.29, 1.82) is 0 Å². The Morgan fingerprint density at radius 3 is 2.45 bits per heavy atom. The van der Waals surface area contributed by atoms with Crippen molar-refractivity contribution < 1.29 is 9.90 Å². The maximum Gasteiger partial charge on any atom is 0.315 e. The van der Waals surface area contributed by atoms with Crippen LogP contribution in [0.15, 0.2) is 0 Å². The first-order valence-electron chi connectivity index (χ1n) is 7.99. The lowest BCUT2D eigenvalue weighted by molar-refractivity contribution is 0.0919. The molecule has 0 aromatic heterocycles. The molecule has 0 aromatic rings. The van der Waals surface area contributed by atoms with Gasteiger partial charge in [-0.3, -0.25) is 0 Å². The van der Waals surface area contributed by atoms with Gasteiger partial charge in [-0.25, -0.2) is 4.79 Å². The van der Waals surface area contributed by atoms with Crippen molar-refractivity contribution in [2.45, 2.75) is 58.6 Å². The van der Waals surface area contributed by atoms with E-state index in [9.17, 15) is 9.90 Å². The standard InChI is InChI=1S/C15H31N3O2/c1-4-13(5-2)17-15(20)16-10-14(19)11-18-8-6-12(3)7-9-18/h12-14,19H,4-11H2,1-3H3,(H2,16,17,20). The summed E-state index contributed by atoms with van der Waals surface area (Å²) in [6, 6.07) is 0.0424. The van der Waals surface area contributed by atoms with E-state index in [1.807, 2.05) is 0 Å². The Labute approximate surface area is 123 Å². The average molecular weight is 285 g/mol. The van der Waals surface area contributed by atoms with Crippen LogP contribution in [0.5, 0.6) is 0 Å². The van der Waals surface area contributed by atoms with Crippen LogP contribution in [-0.4, -0.2) is 54.4 Å². The fraction of sp³-hybridized carbons (Fsp3) is 0.933. The predicted molar refractivity (Wildman–Crippen MR) is 81.7 cm³/mol. The summed E-state index contributed by atoms with van der Waals surface area (Å²) >= 11 is 0. The topological polar surface area (TPSA) is 64.6 Å². The molecule has 5 nitrogen and oxygen atoms in total. The number of aliphatic hydroxyl groups excluding tert-OH is 1. The zero-order chi connectivity index (χ0) is 15.0. The molecule has 3 N–H and O–H groups in total. The van der Waals surface area contributed by atoms with Crippen molar-refractivity contribution in [3.8, 4) is 0 Å². The summed E-state index contributed by atoms with van der Waals surface area (Å²) < 4.78 is 0. The van der Waals surface area contributed by atoms with Gasteiger partial charge in [-0.2, -0.15) is 0 Å². The van der Waals surface area contributed by atoms with E-state index in [-0.39, 0.29) is 12.1 Å². The maximum absolute atomic E-state index is 11.7. The summed E-state index contributed by atoms with van der Waals surface area (Å²) in [5, 5.41) is 15.6. The quantitative estimate of drug-likeness (QED) is 0.665. The molecule has 1 aliphatic rings. The minimum atomic E-state index is -0.490. The second-order valence-corrected chi connectivity index (χ2v) is 6.00. The van der Waals surface area contributed by atoms with E-state index in [2.05, 4.69) is 36.3 Å². The van der Waals surface area contributed by atoms with Crippen LogP contribution in [0.4, 0.5) is 4.79 Å². The van der Waals surface area contributed by atoms with Gasteiger partial charge in [-0.05, 0) is 44.7 Å². The number of hydrogen-bond donors (Lipinski definition) is 3. The van der Waals surface area contributed by atoms with E-state index >= 15 is 0 Å². The van der Waals surface area contributed by atoms with E-state index in [1.165, 1.54) is 12.8 Å². The number of carbonyl (C=O) groups is 1. The van der Waals surface area contributed by atoms with Crippen molar-refractivity contribution >= 4 is 6.03 Å². The number of hydrogen-bond acceptors (Lipinski definition) is 3. The van der Waals surface area contributed by atoms with E-state index in [4.69, 9.17) is 0 Å². The number of nitrogens with zero attached hydrogens (tertiary/aromatic N) is 1. The molecule has 1 unspecified atom stereocenters. The number of nitrogens with one attached hydrogen (secondary N) is 2. The van der Waals surface area contributed by atoms with Crippen LogP contribution in [0, 0.1) is 5.92 Å². The summed E-state index contributed by atoms with van der Waals surface area (Å²) in [5.74, 6) is 0.798. The molecular formula is C15H31N3O2. The molecule has 1 rings (SSSR count). The van der Waals surface area contributed by atoms with Crippen LogP contribution < -0.4 is 10.6 Å². The minimum absolute atomic E-state index is 0.176. The van der Waals surface area contributed by atoms with E-state index in [0.29, 0.717) is 13.1 Å². The van der Waals surface area contributed by atoms with Gasteiger partial charge in [0.1, 0.15) is 0 Å². The van der Waals surface area contributed by atoms with Crippen LogP contribution in [0.2, 0.25) is 0 Å². The lowest BCUT2D eigenvalue weighted by Gasteiger charge is -2.31. The molecular weight excluding hydrogens is 254 g/mol. The molecule has 0 aromatic carbocycles. The molecule has 1 aliphatic heterocycles. The molecule has 0 bridgehead atoms. The second kappa shape index (κ2) is 9.19. The van der Waals surface area contributed by atoms with Gasteiger partial charge in [0.05, 0.1) is 6.10 Å². The summed E-state index contributed by atoms with van der Waals surface area (Å²) in [5.41, 5.74) is 0. The SMILES string of the molecule is CCC(CC)NC(=O)NCC(O)CN1CCC(C)CC1. The smallest absolute Gasteiger partial charge is 0.315 e. The Balaban J connectivity index is 2.16. The van der Waals surface area contributed by atoms with Gasteiger partial charge < -0.3 is 20.6 Å². The number of likely N-dealkylation sites (tertiary alicyclic amines) is 1. The molecule has 1 atom stereocenters. The van der Waals surface area contributed by atoms with Gasteiger partial charge in [0, 0.05) is 19.1 Å². The van der Waals surface area contributed by atoms with E-state index in [1.54, 1.807) is 0 Å². The number of piperidine rings is 1. The van der Waals surface area contributed by atoms with Crippen molar-refractivity contribution in [3.63, 3.8) is 0 Å². The first kappa shape index (κ1) is 17.2. The number of carbonyl (C=O) groups excluding carboxylic acids is 1.